The Hall–Kier alpha value is -2.87. The molecule has 5 aliphatic carbocycles. The van der Waals surface area contributed by atoms with Gasteiger partial charge in [-0.1, -0.05) is 25.5 Å². The van der Waals surface area contributed by atoms with Gasteiger partial charge in [-0.2, -0.15) is 0 Å². The fraction of sp³-hybridized carbons (Fsp3) is 0.581. The van der Waals surface area contributed by atoms with Crippen LogP contribution in [0.4, 0.5) is 8.78 Å². The lowest BCUT2D eigenvalue weighted by Gasteiger charge is -2.60. The predicted molar refractivity (Wildman–Crippen MR) is 148 cm³/mol. The molecule has 5 saturated carbocycles. The van der Waals surface area contributed by atoms with Crippen molar-refractivity contribution < 1.29 is 18.4 Å². The van der Waals surface area contributed by atoms with E-state index in [2.05, 4.69) is 22.2 Å². The number of hydrogen-bond donors (Lipinski definition) is 3. The van der Waals surface area contributed by atoms with Crippen LogP contribution in [0, 0.1) is 40.7 Å². The normalized spacial score (nSPS) is 31.6. The molecular weight excluding hydrogens is 498 g/mol. The molecule has 0 aromatic heterocycles. The van der Waals surface area contributed by atoms with Crippen LogP contribution >= 0.6 is 0 Å². The van der Waals surface area contributed by atoms with E-state index in [1.165, 1.54) is 12.1 Å². The molecule has 5 fully saturated rings. The van der Waals surface area contributed by atoms with E-state index in [0.29, 0.717) is 18.2 Å². The molecule has 0 heterocycles. The van der Waals surface area contributed by atoms with Gasteiger partial charge in [0.05, 0.1) is 11.5 Å². The first-order chi connectivity index (χ1) is 18.7. The number of amides is 2. The summed E-state index contributed by atoms with van der Waals surface area (Å²) in [5.41, 5.74) is 7.07. The molecule has 3 atom stereocenters. The summed E-state index contributed by atoms with van der Waals surface area (Å²) in [7, 11) is 0. The van der Waals surface area contributed by atoms with E-state index in [1.807, 2.05) is 6.92 Å². The van der Waals surface area contributed by atoms with E-state index in [1.54, 1.807) is 24.6 Å². The quantitative estimate of drug-likeness (QED) is 0.308. The zero-order valence-electron chi connectivity index (χ0n) is 22.7. The third kappa shape index (κ3) is 5.32. The van der Waals surface area contributed by atoms with Crippen molar-refractivity contribution in [3.8, 4) is 0 Å². The molecule has 0 spiro atoms. The molecule has 0 radical (unpaired) electrons. The summed E-state index contributed by atoms with van der Waals surface area (Å²) < 4.78 is 27.6. The summed E-state index contributed by atoms with van der Waals surface area (Å²) in [6.45, 7) is 6.13. The topological polar surface area (TPSA) is 96.6 Å². The Labute approximate surface area is 229 Å². The summed E-state index contributed by atoms with van der Waals surface area (Å²) >= 11 is 0. The van der Waals surface area contributed by atoms with Gasteiger partial charge >= 0.3 is 0 Å². The molecule has 39 heavy (non-hydrogen) atoms. The van der Waals surface area contributed by atoms with Crippen molar-refractivity contribution in [1.82, 2.24) is 10.6 Å². The Morgan fingerprint density at radius 2 is 1.85 bits per heavy atom. The van der Waals surface area contributed by atoms with Gasteiger partial charge in [0.25, 0.3) is 0 Å². The first-order valence-electron chi connectivity index (χ1n) is 14.3. The highest BCUT2D eigenvalue weighted by Crippen LogP contribution is 2.63. The largest absolute Gasteiger partial charge is 0.354 e. The number of nitrogens with zero attached hydrogens (tertiary/aromatic N) is 1. The van der Waals surface area contributed by atoms with Crippen molar-refractivity contribution in [3.05, 3.63) is 59.9 Å². The number of carbonyl (C=O) groups is 2. The summed E-state index contributed by atoms with van der Waals surface area (Å²) in [5, 5.41) is 6.09. The maximum absolute atomic E-state index is 14.0. The van der Waals surface area contributed by atoms with Gasteiger partial charge in [-0.3, -0.25) is 14.6 Å². The number of nitrogens with one attached hydrogen (secondary N) is 2. The van der Waals surface area contributed by atoms with Crippen molar-refractivity contribution >= 4 is 18.0 Å². The number of halogens is 2. The molecule has 4 bridgehead atoms. The number of carbonyl (C=O) groups excluding carboxylic acids is 2. The average Bonchev–Trinajstić information content (AvgIpc) is 3.38. The van der Waals surface area contributed by atoms with Crippen molar-refractivity contribution in [2.75, 3.05) is 6.54 Å². The molecule has 3 unspecified atom stereocenters. The molecule has 4 N–H and O–H groups in total. The second-order valence-corrected chi connectivity index (χ2v) is 12.4. The lowest BCUT2D eigenvalue weighted by Crippen LogP contribution is -2.62. The summed E-state index contributed by atoms with van der Waals surface area (Å²) in [4.78, 5) is 30.9. The van der Waals surface area contributed by atoms with Crippen LogP contribution in [0.15, 0.2) is 47.7 Å². The highest BCUT2D eigenvalue weighted by Gasteiger charge is 2.60. The van der Waals surface area contributed by atoms with Crippen LogP contribution < -0.4 is 16.4 Å². The molecule has 8 heteroatoms. The second kappa shape index (κ2) is 11.0. The van der Waals surface area contributed by atoms with Crippen molar-refractivity contribution in [2.24, 2.45) is 39.8 Å². The lowest BCUT2D eigenvalue weighted by atomic mass is 9.45. The molecule has 0 aliphatic heterocycles. The number of benzene rings is 1. The predicted octanol–water partition coefficient (Wildman–Crippen LogP) is 4.90. The minimum absolute atomic E-state index is 0.0169. The fourth-order valence-corrected chi connectivity index (χ4v) is 8.46. The molecule has 210 valence electrons. The van der Waals surface area contributed by atoms with E-state index in [-0.39, 0.29) is 29.6 Å². The van der Waals surface area contributed by atoms with Gasteiger partial charge in [-0.25, -0.2) is 8.78 Å². The van der Waals surface area contributed by atoms with Crippen LogP contribution in [-0.4, -0.2) is 30.6 Å². The van der Waals surface area contributed by atoms with E-state index in [9.17, 15) is 18.4 Å². The molecule has 6 nitrogen and oxygen atoms in total. The van der Waals surface area contributed by atoms with E-state index < -0.39 is 28.5 Å². The Kier molecular flexibility index (Phi) is 7.77. The van der Waals surface area contributed by atoms with Crippen LogP contribution in [0.1, 0.15) is 70.3 Å². The Balaban J connectivity index is 1.24. The average molecular weight is 539 g/mol. The van der Waals surface area contributed by atoms with Crippen LogP contribution in [0.25, 0.3) is 0 Å². The van der Waals surface area contributed by atoms with E-state index in [4.69, 9.17) is 5.73 Å². The zero-order chi connectivity index (χ0) is 27.8. The van der Waals surface area contributed by atoms with Crippen LogP contribution in [0.5, 0.6) is 0 Å². The van der Waals surface area contributed by atoms with Gasteiger partial charge in [-0.15, -0.1) is 0 Å². The fourth-order valence-electron chi connectivity index (χ4n) is 8.46. The van der Waals surface area contributed by atoms with Gasteiger partial charge in [0, 0.05) is 30.1 Å². The smallest absolute Gasteiger partial charge is 0.237 e. The highest BCUT2D eigenvalue weighted by atomic mass is 19.2. The minimum Gasteiger partial charge on any atom is -0.354 e. The molecular formula is C31H40F2N4O2. The van der Waals surface area contributed by atoms with Gasteiger partial charge in [0.2, 0.25) is 11.8 Å². The van der Waals surface area contributed by atoms with Gasteiger partial charge in [0.15, 0.2) is 11.6 Å². The van der Waals surface area contributed by atoms with Crippen molar-refractivity contribution in [2.45, 2.75) is 76.2 Å². The third-order valence-electron chi connectivity index (χ3n) is 10.0. The molecule has 6 rings (SSSR count). The monoisotopic (exact) mass is 538 g/mol. The first kappa shape index (κ1) is 27.7. The van der Waals surface area contributed by atoms with Crippen molar-refractivity contribution in [3.63, 3.8) is 0 Å². The molecule has 2 amide bonds. The summed E-state index contributed by atoms with van der Waals surface area (Å²) in [5.74, 6) is -0.931. The van der Waals surface area contributed by atoms with Gasteiger partial charge in [-0.05, 0) is 99.3 Å². The highest BCUT2D eigenvalue weighted by molar-refractivity contribution is 5.85. The number of aliphatic imine (C=N–C) groups is 1. The third-order valence-corrected chi connectivity index (χ3v) is 10.0. The van der Waals surface area contributed by atoms with Crippen LogP contribution in [0.3, 0.4) is 0 Å². The van der Waals surface area contributed by atoms with E-state index in [0.717, 1.165) is 63.4 Å². The Morgan fingerprint density at radius 1 is 1.15 bits per heavy atom. The number of hydrogen-bond acceptors (Lipinski definition) is 4. The molecule has 5 aliphatic rings. The van der Waals surface area contributed by atoms with Crippen LogP contribution in [0.2, 0.25) is 0 Å². The molecule has 0 saturated heterocycles. The number of rotatable bonds is 9. The SMILES string of the molecule is C=C(/C=C\N=C/C)NC(=O)C12CC3CC(C1)C(C(N)C(=O)NCC1(c4ccc(F)c(F)c4)CCCC1)C(C3)C2. The maximum Gasteiger partial charge on any atom is 0.237 e. The standard InChI is InChI=1S/C31H40F2N4O2/c1-3-35-11-8-19(2)37-29(39)31-15-20-12-21(16-31)26(22(13-20)17-31)27(34)28(38)36-18-30(9-4-5-10-30)23-6-7-24(32)25(33)14-23/h3,6-8,11,14,20-22,26-27H,2,4-5,9-10,12-13,15-18,34H2,1H3,(H,36,38)(H,37,39)/b11-8-,35-3-. The number of nitrogens with two attached hydrogens (primary N) is 1. The van der Waals surface area contributed by atoms with E-state index >= 15 is 0 Å². The van der Waals surface area contributed by atoms with Crippen molar-refractivity contribution in [1.29, 1.82) is 0 Å². The molecule has 1 aromatic rings. The zero-order valence-corrected chi connectivity index (χ0v) is 22.7. The Bertz CT molecular complexity index is 1170. The summed E-state index contributed by atoms with van der Waals surface area (Å²) in [6.07, 6.45) is 12.9. The summed E-state index contributed by atoms with van der Waals surface area (Å²) in [6, 6.07) is 3.42. The second-order valence-electron chi connectivity index (χ2n) is 12.4. The van der Waals surface area contributed by atoms with Crippen LogP contribution in [-0.2, 0) is 15.0 Å². The molecule has 1 aromatic carbocycles. The lowest BCUT2D eigenvalue weighted by molar-refractivity contribution is -0.155. The van der Waals surface area contributed by atoms with Gasteiger partial charge < -0.3 is 16.4 Å². The Morgan fingerprint density at radius 3 is 2.49 bits per heavy atom. The number of allylic oxidation sites excluding steroid dienone is 1. The first-order valence-corrected chi connectivity index (χ1v) is 14.3. The maximum atomic E-state index is 14.0. The van der Waals surface area contributed by atoms with Gasteiger partial charge in [0.1, 0.15) is 0 Å². The minimum atomic E-state index is -0.863.